The summed E-state index contributed by atoms with van der Waals surface area (Å²) in [7, 11) is 2.00. The van der Waals surface area contributed by atoms with E-state index in [-0.39, 0.29) is 11.5 Å². The number of hydrogen-bond acceptors (Lipinski definition) is 4. The molecule has 0 aromatic rings. The van der Waals surface area contributed by atoms with Gasteiger partial charge in [-0.2, -0.15) is 0 Å². The first-order valence-electron chi connectivity index (χ1n) is 5.54. The van der Waals surface area contributed by atoms with Gasteiger partial charge in [0.1, 0.15) is 0 Å². The van der Waals surface area contributed by atoms with Crippen molar-refractivity contribution in [1.82, 2.24) is 15.1 Å². The van der Waals surface area contributed by atoms with Crippen molar-refractivity contribution in [2.45, 2.75) is 6.42 Å². The Bertz CT molecular complexity index is 321. The smallest absolute Gasteiger partial charge is 0.311 e. The van der Waals surface area contributed by atoms with Gasteiger partial charge in [-0.05, 0) is 20.0 Å². The fourth-order valence-electron chi connectivity index (χ4n) is 1.64. The molecule has 0 unspecified atom stereocenters. The first kappa shape index (κ1) is 13.9. The molecule has 0 saturated carbocycles. The minimum atomic E-state index is -0.637. The Morgan fingerprint density at radius 2 is 2.00 bits per heavy atom. The molecule has 1 rings (SSSR count). The Morgan fingerprint density at radius 1 is 1.29 bits per heavy atom. The van der Waals surface area contributed by atoms with Gasteiger partial charge in [-0.25, -0.2) is 0 Å². The molecule has 1 heterocycles. The van der Waals surface area contributed by atoms with Crippen LogP contribution in [0.5, 0.6) is 0 Å². The Labute approximate surface area is 106 Å². The fourth-order valence-corrected chi connectivity index (χ4v) is 1.71. The van der Waals surface area contributed by atoms with Gasteiger partial charge in [0.15, 0.2) is 0 Å². The lowest BCUT2D eigenvalue weighted by Gasteiger charge is -2.19. The molecule has 6 nitrogen and oxygen atoms in total. The maximum absolute atomic E-state index is 11.8. The van der Waals surface area contributed by atoms with Gasteiger partial charge in [0.2, 0.25) is 0 Å². The molecule has 3 N–H and O–H groups in total. The predicted octanol–water partition coefficient (Wildman–Crippen LogP) is -1.45. The molecule has 0 atom stereocenters. The minimum absolute atomic E-state index is 0.0631. The summed E-state index contributed by atoms with van der Waals surface area (Å²) in [4.78, 5) is 27.2. The van der Waals surface area contributed by atoms with Crippen LogP contribution >= 0.6 is 12.2 Å². The third kappa shape index (κ3) is 4.66. The Morgan fingerprint density at radius 3 is 2.65 bits per heavy atom. The van der Waals surface area contributed by atoms with E-state index in [0.29, 0.717) is 13.1 Å². The molecule has 0 bridgehead atoms. The second kappa shape index (κ2) is 6.51. The minimum Gasteiger partial charge on any atom is -0.392 e. The van der Waals surface area contributed by atoms with Crippen molar-refractivity contribution in [2.75, 3.05) is 39.8 Å². The molecule has 96 valence electrons. The Hall–Kier alpha value is -1.21. The van der Waals surface area contributed by atoms with Crippen molar-refractivity contribution in [3.8, 4) is 0 Å². The van der Waals surface area contributed by atoms with Crippen molar-refractivity contribution in [1.29, 1.82) is 0 Å². The number of rotatable bonds is 2. The number of nitrogens with one attached hydrogen (secondary N) is 1. The highest BCUT2D eigenvalue weighted by Crippen LogP contribution is 2.01. The topological polar surface area (TPSA) is 78.7 Å². The number of hydrogen-bond donors (Lipinski definition) is 2. The third-order valence-corrected chi connectivity index (χ3v) is 2.77. The summed E-state index contributed by atoms with van der Waals surface area (Å²) in [6, 6.07) is 0. The van der Waals surface area contributed by atoms with Crippen LogP contribution in [0.4, 0.5) is 0 Å². The van der Waals surface area contributed by atoms with Crippen LogP contribution in [0, 0.1) is 0 Å². The average molecular weight is 258 g/mol. The Kier molecular flexibility index (Phi) is 5.30. The van der Waals surface area contributed by atoms with Crippen molar-refractivity contribution in [2.24, 2.45) is 5.73 Å². The Balaban J connectivity index is 2.45. The predicted molar refractivity (Wildman–Crippen MR) is 68.5 cm³/mol. The summed E-state index contributed by atoms with van der Waals surface area (Å²) in [6.07, 6.45) is 0.880. The number of amides is 2. The molecule has 0 aromatic carbocycles. The van der Waals surface area contributed by atoms with Gasteiger partial charge in [0.05, 0.1) is 11.5 Å². The molecule has 0 spiro atoms. The maximum atomic E-state index is 11.8. The van der Waals surface area contributed by atoms with Gasteiger partial charge < -0.3 is 20.9 Å². The second-order valence-electron chi connectivity index (χ2n) is 4.10. The van der Waals surface area contributed by atoms with Crippen LogP contribution < -0.4 is 11.1 Å². The maximum Gasteiger partial charge on any atom is 0.311 e. The van der Waals surface area contributed by atoms with Gasteiger partial charge in [0, 0.05) is 19.6 Å². The van der Waals surface area contributed by atoms with Crippen LogP contribution in [0.25, 0.3) is 0 Å². The highest BCUT2D eigenvalue weighted by atomic mass is 32.1. The lowest BCUT2D eigenvalue weighted by Crippen LogP contribution is -2.46. The SMILES string of the molecule is CN1CCCN(C(=O)C(=O)NCC(N)=S)CC1. The number of carbonyl (C=O) groups is 2. The monoisotopic (exact) mass is 258 g/mol. The van der Waals surface area contributed by atoms with Crippen LogP contribution in [0.15, 0.2) is 0 Å². The molecule has 2 amide bonds. The summed E-state index contributed by atoms with van der Waals surface area (Å²) in [5, 5.41) is 2.40. The van der Waals surface area contributed by atoms with E-state index in [9.17, 15) is 9.59 Å². The molecule has 0 radical (unpaired) electrons. The summed E-state index contributed by atoms with van der Waals surface area (Å²) in [6.45, 7) is 2.99. The highest BCUT2D eigenvalue weighted by molar-refractivity contribution is 7.80. The van der Waals surface area contributed by atoms with Gasteiger partial charge in [-0.15, -0.1) is 0 Å². The summed E-state index contributed by atoms with van der Waals surface area (Å²) in [5.74, 6) is -1.14. The lowest BCUT2D eigenvalue weighted by molar-refractivity contribution is -0.145. The first-order chi connectivity index (χ1) is 8.00. The molecule has 17 heavy (non-hydrogen) atoms. The fraction of sp³-hybridized carbons (Fsp3) is 0.700. The molecule has 1 aliphatic heterocycles. The molecule has 1 saturated heterocycles. The molecule has 0 aliphatic carbocycles. The average Bonchev–Trinajstić information content (AvgIpc) is 2.49. The zero-order chi connectivity index (χ0) is 12.8. The van der Waals surface area contributed by atoms with Crippen LogP contribution in [0.2, 0.25) is 0 Å². The standard InChI is InChI=1S/C10H18N4O2S/c1-13-3-2-4-14(6-5-13)10(16)9(15)12-7-8(11)17/h2-7H2,1H3,(H2,11,17)(H,12,15). The molecule has 7 heteroatoms. The van der Waals surface area contributed by atoms with E-state index in [2.05, 4.69) is 22.4 Å². The number of nitrogens with zero attached hydrogens (tertiary/aromatic N) is 2. The number of likely N-dealkylation sites (N-methyl/N-ethyl adjacent to an activating group) is 1. The third-order valence-electron chi connectivity index (χ3n) is 2.62. The van der Waals surface area contributed by atoms with Crippen LogP contribution in [-0.2, 0) is 9.59 Å². The van der Waals surface area contributed by atoms with E-state index in [0.717, 1.165) is 19.5 Å². The van der Waals surface area contributed by atoms with Gasteiger partial charge in [-0.1, -0.05) is 12.2 Å². The molecular formula is C10H18N4O2S. The van der Waals surface area contributed by atoms with Crippen LogP contribution in [0.3, 0.4) is 0 Å². The van der Waals surface area contributed by atoms with Crippen molar-refractivity contribution >= 4 is 29.0 Å². The summed E-state index contributed by atoms with van der Waals surface area (Å²) >= 11 is 4.63. The highest BCUT2D eigenvalue weighted by Gasteiger charge is 2.23. The van der Waals surface area contributed by atoms with Crippen molar-refractivity contribution < 1.29 is 9.59 Å². The molecule has 0 aromatic heterocycles. The number of carbonyl (C=O) groups excluding carboxylic acids is 2. The quantitative estimate of drug-likeness (QED) is 0.468. The van der Waals surface area contributed by atoms with Gasteiger partial charge in [-0.3, -0.25) is 9.59 Å². The zero-order valence-electron chi connectivity index (χ0n) is 9.94. The molecule has 1 aliphatic rings. The largest absolute Gasteiger partial charge is 0.392 e. The first-order valence-corrected chi connectivity index (χ1v) is 5.95. The summed E-state index contributed by atoms with van der Waals surface area (Å²) in [5.41, 5.74) is 5.25. The molecular weight excluding hydrogens is 240 g/mol. The van der Waals surface area contributed by atoms with Gasteiger partial charge in [0.25, 0.3) is 0 Å². The number of thiocarbonyl (C=S) groups is 1. The second-order valence-corrected chi connectivity index (χ2v) is 4.62. The van der Waals surface area contributed by atoms with E-state index < -0.39 is 11.8 Å². The summed E-state index contributed by atoms with van der Waals surface area (Å²) < 4.78 is 0. The lowest BCUT2D eigenvalue weighted by atomic mass is 10.3. The molecule has 1 fully saturated rings. The normalized spacial score (nSPS) is 17.4. The van der Waals surface area contributed by atoms with Crippen LogP contribution in [0.1, 0.15) is 6.42 Å². The van der Waals surface area contributed by atoms with E-state index in [1.807, 2.05) is 7.05 Å². The van der Waals surface area contributed by atoms with Crippen molar-refractivity contribution in [3.05, 3.63) is 0 Å². The zero-order valence-corrected chi connectivity index (χ0v) is 10.8. The van der Waals surface area contributed by atoms with Gasteiger partial charge >= 0.3 is 11.8 Å². The van der Waals surface area contributed by atoms with E-state index in [1.165, 1.54) is 0 Å². The van der Waals surface area contributed by atoms with E-state index >= 15 is 0 Å². The van der Waals surface area contributed by atoms with Crippen molar-refractivity contribution in [3.63, 3.8) is 0 Å². The van der Waals surface area contributed by atoms with Crippen LogP contribution in [-0.4, -0.2) is 66.4 Å². The number of nitrogens with two attached hydrogens (primary N) is 1. The van der Waals surface area contributed by atoms with E-state index in [1.54, 1.807) is 4.90 Å². The van der Waals surface area contributed by atoms with E-state index in [4.69, 9.17) is 5.73 Å².